The van der Waals surface area contributed by atoms with Crippen molar-refractivity contribution in [1.82, 2.24) is 4.72 Å². The Labute approximate surface area is 149 Å². The van der Waals surface area contributed by atoms with Crippen molar-refractivity contribution >= 4 is 27.6 Å². The van der Waals surface area contributed by atoms with Crippen molar-refractivity contribution in [2.75, 3.05) is 17.7 Å². The Bertz CT molecular complexity index is 716. The number of hydrogen-bond donors (Lipinski definition) is 2. The number of benzene rings is 1. The fourth-order valence-electron chi connectivity index (χ4n) is 2.05. The molecule has 0 aliphatic heterocycles. The summed E-state index contributed by atoms with van der Waals surface area (Å²) in [4.78, 5) is 23.7. The van der Waals surface area contributed by atoms with Crippen LogP contribution in [0.5, 0.6) is 0 Å². The lowest BCUT2D eigenvalue weighted by atomic mass is 10.1. The van der Waals surface area contributed by atoms with Crippen molar-refractivity contribution in [3.63, 3.8) is 0 Å². The van der Waals surface area contributed by atoms with Crippen molar-refractivity contribution in [3.05, 3.63) is 29.3 Å². The average Bonchev–Trinajstić information content (AvgIpc) is 2.54. The molecule has 1 aromatic rings. The van der Waals surface area contributed by atoms with Gasteiger partial charge in [0.2, 0.25) is 10.0 Å². The fourth-order valence-corrected chi connectivity index (χ4v) is 3.47. The monoisotopic (exact) mass is 370 g/mol. The number of carbonyl (C=O) groups excluding carboxylic acids is 2. The molecule has 0 fully saturated rings. The minimum Gasteiger partial charge on any atom is -0.454 e. The van der Waals surface area contributed by atoms with Crippen LogP contribution in [-0.2, 0) is 24.3 Å². The molecule has 0 aliphatic rings. The van der Waals surface area contributed by atoms with Crippen LogP contribution in [0.4, 0.5) is 5.69 Å². The summed E-state index contributed by atoms with van der Waals surface area (Å²) in [7, 11) is -3.54. The molecule has 25 heavy (non-hydrogen) atoms. The zero-order valence-corrected chi connectivity index (χ0v) is 15.9. The van der Waals surface area contributed by atoms with Crippen LogP contribution in [0, 0.1) is 13.8 Å². The zero-order chi connectivity index (χ0) is 19.0. The molecule has 0 unspecified atom stereocenters. The first-order chi connectivity index (χ1) is 11.7. The van der Waals surface area contributed by atoms with Crippen LogP contribution in [0.3, 0.4) is 0 Å². The van der Waals surface area contributed by atoms with Crippen LogP contribution in [0.15, 0.2) is 18.2 Å². The highest BCUT2D eigenvalue weighted by Crippen LogP contribution is 2.17. The van der Waals surface area contributed by atoms with E-state index in [1.54, 1.807) is 6.07 Å². The molecule has 2 N–H and O–H groups in total. The number of amides is 1. The van der Waals surface area contributed by atoms with Crippen LogP contribution < -0.4 is 10.0 Å². The maximum Gasteiger partial charge on any atom is 0.324 e. The second kappa shape index (κ2) is 9.53. The smallest absolute Gasteiger partial charge is 0.324 e. The van der Waals surface area contributed by atoms with Crippen LogP contribution in [0.2, 0.25) is 0 Å². The van der Waals surface area contributed by atoms with Gasteiger partial charge in [-0.25, -0.2) is 13.1 Å². The van der Waals surface area contributed by atoms with Crippen molar-refractivity contribution in [3.8, 4) is 0 Å². The molecule has 140 valence electrons. The van der Waals surface area contributed by atoms with E-state index in [9.17, 15) is 18.0 Å². The highest BCUT2D eigenvalue weighted by atomic mass is 32.2. The number of sulfonamides is 1. The van der Waals surface area contributed by atoms with Gasteiger partial charge in [0.25, 0.3) is 5.91 Å². The first-order valence-electron chi connectivity index (χ1n) is 8.19. The van der Waals surface area contributed by atoms with Gasteiger partial charge in [0.1, 0.15) is 6.04 Å². The lowest BCUT2D eigenvalue weighted by Crippen LogP contribution is -2.41. The largest absolute Gasteiger partial charge is 0.454 e. The van der Waals surface area contributed by atoms with Crippen molar-refractivity contribution < 1.29 is 22.7 Å². The molecule has 7 nitrogen and oxygen atoms in total. The Kier molecular flexibility index (Phi) is 8.05. The molecule has 0 saturated heterocycles. The van der Waals surface area contributed by atoms with Gasteiger partial charge in [-0.05, 0) is 44.4 Å². The predicted molar refractivity (Wildman–Crippen MR) is 96.8 cm³/mol. The van der Waals surface area contributed by atoms with E-state index in [0.717, 1.165) is 17.5 Å². The second-order valence-corrected chi connectivity index (χ2v) is 7.79. The average molecular weight is 370 g/mol. The van der Waals surface area contributed by atoms with Gasteiger partial charge in [0.15, 0.2) is 6.61 Å². The van der Waals surface area contributed by atoms with Gasteiger partial charge in [-0.15, -0.1) is 0 Å². The minimum atomic E-state index is -3.54. The molecule has 0 bridgehead atoms. The maximum absolute atomic E-state index is 11.9. The van der Waals surface area contributed by atoms with E-state index in [0.29, 0.717) is 12.1 Å². The van der Waals surface area contributed by atoms with E-state index >= 15 is 0 Å². The number of nitrogens with one attached hydrogen (secondary N) is 2. The number of aryl methyl sites for hydroxylation is 1. The van der Waals surface area contributed by atoms with E-state index in [4.69, 9.17) is 4.74 Å². The quantitative estimate of drug-likeness (QED) is 0.647. The van der Waals surface area contributed by atoms with Crippen molar-refractivity contribution in [1.29, 1.82) is 0 Å². The lowest BCUT2D eigenvalue weighted by Gasteiger charge is -2.14. The number of unbranched alkanes of at least 4 members (excludes halogenated alkanes) is 1. The van der Waals surface area contributed by atoms with Crippen molar-refractivity contribution in [2.24, 2.45) is 0 Å². The van der Waals surface area contributed by atoms with Gasteiger partial charge in [-0.3, -0.25) is 9.59 Å². The van der Waals surface area contributed by atoms with E-state index in [1.165, 1.54) is 6.92 Å². The number of hydrogen-bond acceptors (Lipinski definition) is 5. The van der Waals surface area contributed by atoms with E-state index < -0.39 is 34.5 Å². The number of rotatable bonds is 9. The molecule has 0 aliphatic carbocycles. The van der Waals surface area contributed by atoms with Gasteiger partial charge >= 0.3 is 5.97 Å². The van der Waals surface area contributed by atoms with Gasteiger partial charge in [-0.2, -0.15) is 0 Å². The number of ether oxygens (including phenoxy) is 1. The Morgan fingerprint density at radius 1 is 1.24 bits per heavy atom. The third kappa shape index (κ3) is 7.23. The number of carbonyl (C=O) groups is 2. The van der Waals surface area contributed by atoms with Gasteiger partial charge < -0.3 is 10.1 Å². The third-order valence-corrected chi connectivity index (χ3v) is 5.24. The summed E-state index contributed by atoms with van der Waals surface area (Å²) in [6.45, 7) is 6.59. The molecule has 0 radical (unpaired) electrons. The topological polar surface area (TPSA) is 102 Å². The predicted octanol–water partition coefficient (Wildman–Crippen LogP) is 1.89. The van der Waals surface area contributed by atoms with E-state index in [1.807, 2.05) is 32.9 Å². The first-order valence-corrected chi connectivity index (χ1v) is 9.84. The molecular formula is C17H26N2O5S. The van der Waals surface area contributed by atoms with Crippen LogP contribution in [0.1, 0.15) is 37.8 Å². The SMILES string of the molecule is CCCCS(=O)(=O)N[C@@H](C)C(=O)OCC(=O)Nc1cccc(C)c1C. The minimum absolute atomic E-state index is 0.0474. The van der Waals surface area contributed by atoms with Crippen LogP contribution in [0.25, 0.3) is 0 Å². The van der Waals surface area contributed by atoms with Crippen molar-refractivity contribution in [2.45, 2.75) is 46.6 Å². The van der Waals surface area contributed by atoms with Crippen LogP contribution >= 0.6 is 0 Å². The molecular weight excluding hydrogens is 344 g/mol. The van der Waals surface area contributed by atoms with Gasteiger partial charge in [-0.1, -0.05) is 25.5 Å². The molecule has 0 heterocycles. The highest BCUT2D eigenvalue weighted by molar-refractivity contribution is 7.89. The first kappa shape index (κ1) is 21.1. The zero-order valence-electron chi connectivity index (χ0n) is 15.1. The van der Waals surface area contributed by atoms with Gasteiger partial charge in [0, 0.05) is 5.69 Å². The molecule has 0 saturated carbocycles. The standard InChI is InChI=1S/C17H26N2O5S/c1-5-6-10-25(22,23)19-14(4)17(21)24-11-16(20)18-15-9-7-8-12(2)13(15)3/h7-9,14,19H,5-6,10-11H2,1-4H3,(H,18,20)/t14-/m0/s1. The third-order valence-electron chi connectivity index (χ3n) is 3.70. The fraction of sp³-hybridized carbons (Fsp3) is 0.529. The molecule has 1 aromatic carbocycles. The Morgan fingerprint density at radius 2 is 1.92 bits per heavy atom. The molecule has 1 atom stereocenters. The summed E-state index contributed by atoms with van der Waals surface area (Å²) in [5.74, 6) is -1.33. The second-order valence-electron chi connectivity index (χ2n) is 5.92. The van der Waals surface area contributed by atoms with Crippen LogP contribution in [-0.4, -0.2) is 38.7 Å². The maximum atomic E-state index is 11.9. The molecule has 8 heteroatoms. The Hall–Kier alpha value is -1.93. The molecule has 1 amide bonds. The normalized spacial score (nSPS) is 12.5. The highest BCUT2D eigenvalue weighted by Gasteiger charge is 2.21. The number of esters is 1. The molecule has 1 rings (SSSR count). The summed E-state index contributed by atoms with van der Waals surface area (Å²) in [5, 5.41) is 2.67. The molecule has 0 spiro atoms. The molecule has 0 aromatic heterocycles. The van der Waals surface area contributed by atoms with E-state index in [2.05, 4.69) is 10.0 Å². The lowest BCUT2D eigenvalue weighted by molar-refractivity contribution is -0.148. The summed E-state index contributed by atoms with van der Waals surface area (Å²) in [5.41, 5.74) is 2.61. The van der Waals surface area contributed by atoms with Gasteiger partial charge in [0.05, 0.1) is 5.75 Å². The van der Waals surface area contributed by atoms with E-state index in [-0.39, 0.29) is 5.75 Å². The Balaban J connectivity index is 2.49. The summed E-state index contributed by atoms with van der Waals surface area (Å²) in [6.07, 6.45) is 1.24. The summed E-state index contributed by atoms with van der Waals surface area (Å²) >= 11 is 0. The Morgan fingerprint density at radius 3 is 2.56 bits per heavy atom. The summed E-state index contributed by atoms with van der Waals surface area (Å²) < 4.78 is 30.6. The number of anilines is 1. The summed E-state index contributed by atoms with van der Waals surface area (Å²) in [6, 6.07) is 4.46.